The molecule has 1 aromatic heterocycles. The number of carboxylic acids is 1. The Kier molecular flexibility index (Phi) is 3.63. The monoisotopic (exact) mass is 314 g/mol. The molecule has 7 nitrogen and oxygen atoms in total. The van der Waals surface area contributed by atoms with Gasteiger partial charge in [-0.3, -0.25) is 9.59 Å². The summed E-state index contributed by atoms with van der Waals surface area (Å²) in [4.78, 5) is 25.3. The van der Waals surface area contributed by atoms with E-state index in [0.717, 1.165) is 11.3 Å². The van der Waals surface area contributed by atoms with Crippen LogP contribution < -0.4 is 0 Å². The molecule has 120 valence electrons. The van der Waals surface area contributed by atoms with Crippen molar-refractivity contribution in [2.75, 3.05) is 13.1 Å². The van der Waals surface area contributed by atoms with Gasteiger partial charge in [-0.15, -0.1) is 5.10 Å². The van der Waals surface area contributed by atoms with Gasteiger partial charge in [0.1, 0.15) is 0 Å². The highest BCUT2D eigenvalue weighted by molar-refractivity contribution is 5.93. The Hall–Kier alpha value is -2.70. The zero-order valence-electron chi connectivity index (χ0n) is 13.1. The van der Waals surface area contributed by atoms with Crippen LogP contribution >= 0.6 is 0 Å². The highest BCUT2D eigenvalue weighted by atomic mass is 16.4. The van der Waals surface area contributed by atoms with E-state index in [2.05, 4.69) is 10.3 Å². The quantitative estimate of drug-likeness (QED) is 0.928. The molecule has 3 rings (SSSR count). The van der Waals surface area contributed by atoms with Crippen LogP contribution in [0.1, 0.15) is 29.4 Å². The fourth-order valence-corrected chi connectivity index (χ4v) is 2.73. The molecule has 1 atom stereocenters. The van der Waals surface area contributed by atoms with Gasteiger partial charge in [-0.1, -0.05) is 17.3 Å². The zero-order chi connectivity index (χ0) is 16.6. The molecule has 1 fully saturated rings. The molecule has 0 spiro atoms. The molecular formula is C16H18N4O3. The molecule has 1 N–H and O–H groups in total. The second-order valence-corrected chi connectivity index (χ2v) is 6.23. The Morgan fingerprint density at radius 3 is 2.78 bits per heavy atom. The van der Waals surface area contributed by atoms with Crippen molar-refractivity contribution in [1.82, 2.24) is 19.9 Å². The topological polar surface area (TPSA) is 88.3 Å². The molecule has 0 bridgehead atoms. The highest BCUT2D eigenvalue weighted by Gasteiger charge is 2.42. The first-order valence-corrected chi connectivity index (χ1v) is 7.41. The summed E-state index contributed by atoms with van der Waals surface area (Å²) in [6, 6.07) is 7.71. The Labute approximate surface area is 133 Å². The summed E-state index contributed by atoms with van der Waals surface area (Å²) < 4.78 is 1.55. The van der Waals surface area contributed by atoms with Gasteiger partial charge in [-0.05, 0) is 38.0 Å². The number of rotatable bonds is 3. The minimum absolute atomic E-state index is 0.193. The third-order valence-electron chi connectivity index (χ3n) is 4.26. The summed E-state index contributed by atoms with van der Waals surface area (Å²) >= 11 is 0. The number of carbonyl (C=O) groups excluding carboxylic acids is 1. The van der Waals surface area contributed by atoms with Gasteiger partial charge in [0.2, 0.25) is 0 Å². The lowest BCUT2D eigenvalue weighted by Gasteiger charge is -2.19. The van der Waals surface area contributed by atoms with Gasteiger partial charge in [0.25, 0.3) is 5.91 Å². The van der Waals surface area contributed by atoms with Gasteiger partial charge in [-0.25, -0.2) is 4.68 Å². The van der Waals surface area contributed by atoms with E-state index in [0.29, 0.717) is 13.0 Å². The molecule has 0 aliphatic carbocycles. The highest BCUT2D eigenvalue weighted by Crippen LogP contribution is 2.30. The molecule has 0 radical (unpaired) electrons. The van der Waals surface area contributed by atoms with E-state index in [-0.39, 0.29) is 18.1 Å². The van der Waals surface area contributed by atoms with Crippen molar-refractivity contribution < 1.29 is 14.7 Å². The molecular weight excluding hydrogens is 296 g/mol. The van der Waals surface area contributed by atoms with Crippen LogP contribution in [0.15, 0.2) is 30.5 Å². The van der Waals surface area contributed by atoms with E-state index in [1.165, 1.54) is 4.90 Å². The Morgan fingerprint density at radius 1 is 1.35 bits per heavy atom. The SMILES string of the molecule is Cc1cccc(-n2cc(C(=O)N3CCC(C)(C(=O)O)C3)nn2)c1. The molecule has 1 aromatic carbocycles. The number of carboxylic acid groups (broad SMARTS) is 1. The van der Waals surface area contributed by atoms with E-state index in [9.17, 15) is 14.7 Å². The van der Waals surface area contributed by atoms with Crippen LogP contribution in [0.25, 0.3) is 5.69 Å². The smallest absolute Gasteiger partial charge is 0.311 e. The van der Waals surface area contributed by atoms with Crippen LogP contribution in [0.2, 0.25) is 0 Å². The number of aryl methyl sites for hydroxylation is 1. The summed E-state index contributed by atoms with van der Waals surface area (Å²) in [6.07, 6.45) is 2.02. The summed E-state index contributed by atoms with van der Waals surface area (Å²) in [6.45, 7) is 4.24. The second kappa shape index (κ2) is 5.49. The molecule has 1 saturated heterocycles. The van der Waals surface area contributed by atoms with Gasteiger partial charge in [-0.2, -0.15) is 0 Å². The number of benzene rings is 1. The lowest BCUT2D eigenvalue weighted by molar-refractivity contribution is -0.147. The lowest BCUT2D eigenvalue weighted by Crippen LogP contribution is -2.35. The van der Waals surface area contributed by atoms with E-state index in [1.54, 1.807) is 17.8 Å². The Balaban J connectivity index is 1.79. The second-order valence-electron chi connectivity index (χ2n) is 6.23. The van der Waals surface area contributed by atoms with Crippen LogP contribution in [0, 0.1) is 12.3 Å². The molecule has 1 unspecified atom stereocenters. The molecule has 2 aromatic rings. The predicted molar refractivity (Wildman–Crippen MR) is 82.4 cm³/mol. The fourth-order valence-electron chi connectivity index (χ4n) is 2.73. The molecule has 1 aliphatic rings. The average Bonchev–Trinajstić information content (AvgIpc) is 3.14. The van der Waals surface area contributed by atoms with Gasteiger partial charge < -0.3 is 10.0 Å². The predicted octanol–water partition coefficient (Wildman–Crippen LogP) is 1.51. The average molecular weight is 314 g/mol. The van der Waals surface area contributed by atoms with Crippen molar-refractivity contribution in [3.63, 3.8) is 0 Å². The van der Waals surface area contributed by atoms with Gasteiger partial charge in [0, 0.05) is 13.1 Å². The van der Waals surface area contributed by atoms with Crippen molar-refractivity contribution in [3.05, 3.63) is 41.7 Å². The van der Waals surface area contributed by atoms with E-state index < -0.39 is 11.4 Å². The number of hydrogen-bond acceptors (Lipinski definition) is 4. The van der Waals surface area contributed by atoms with Crippen molar-refractivity contribution in [3.8, 4) is 5.69 Å². The summed E-state index contributed by atoms with van der Waals surface area (Å²) in [5.41, 5.74) is 1.25. The van der Waals surface area contributed by atoms with E-state index in [4.69, 9.17) is 0 Å². The molecule has 7 heteroatoms. The van der Waals surface area contributed by atoms with E-state index >= 15 is 0 Å². The normalized spacial score (nSPS) is 20.7. The Bertz CT molecular complexity index is 770. The van der Waals surface area contributed by atoms with Gasteiger partial charge >= 0.3 is 5.97 Å². The maximum Gasteiger partial charge on any atom is 0.311 e. The number of likely N-dealkylation sites (tertiary alicyclic amines) is 1. The molecule has 1 amide bonds. The number of aliphatic carboxylic acids is 1. The minimum atomic E-state index is -0.887. The summed E-state index contributed by atoms with van der Waals surface area (Å²) in [5.74, 6) is -1.16. The first-order chi connectivity index (χ1) is 10.9. The number of aromatic nitrogens is 3. The Morgan fingerprint density at radius 2 is 2.13 bits per heavy atom. The first-order valence-electron chi connectivity index (χ1n) is 7.41. The number of amides is 1. The van der Waals surface area contributed by atoms with Crippen molar-refractivity contribution in [1.29, 1.82) is 0 Å². The number of nitrogens with zero attached hydrogens (tertiary/aromatic N) is 4. The van der Waals surface area contributed by atoms with Crippen molar-refractivity contribution in [2.24, 2.45) is 5.41 Å². The van der Waals surface area contributed by atoms with Crippen LogP contribution in [0.5, 0.6) is 0 Å². The van der Waals surface area contributed by atoms with Gasteiger partial charge in [0.05, 0.1) is 17.3 Å². The van der Waals surface area contributed by atoms with Crippen molar-refractivity contribution in [2.45, 2.75) is 20.3 Å². The van der Waals surface area contributed by atoms with Crippen molar-refractivity contribution >= 4 is 11.9 Å². The van der Waals surface area contributed by atoms with Crippen LogP contribution in [-0.4, -0.2) is 50.0 Å². The summed E-state index contributed by atoms with van der Waals surface area (Å²) in [7, 11) is 0. The lowest BCUT2D eigenvalue weighted by atomic mass is 9.90. The zero-order valence-corrected chi connectivity index (χ0v) is 13.1. The molecule has 0 saturated carbocycles. The van der Waals surface area contributed by atoms with Gasteiger partial charge in [0.15, 0.2) is 5.69 Å². The van der Waals surface area contributed by atoms with E-state index in [1.807, 2.05) is 31.2 Å². The molecule has 2 heterocycles. The maximum absolute atomic E-state index is 12.5. The standard InChI is InChI=1S/C16H18N4O3/c1-11-4-3-5-12(8-11)20-9-13(17-18-20)14(21)19-7-6-16(2,10-19)15(22)23/h3-5,8-9H,6-7,10H2,1-2H3,(H,22,23). The molecule has 23 heavy (non-hydrogen) atoms. The summed E-state index contributed by atoms with van der Waals surface area (Å²) in [5, 5.41) is 17.2. The maximum atomic E-state index is 12.5. The van der Waals surface area contributed by atoms with Crippen LogP contribution in [0.4, 0.5) is 0 Å². The minimum Gasteiger partial charge on any atom is -0.481 e. The number of hydrogen-bond donors (Lipinski definition) is 1. The third kappa shape index (κ3) is 2.81. The van der Waals surface area contributed by atoms with Crippen LogP contribution in [-0.2, 0) is 4.79 Å². The number of carbonyl (C=O) groups is 2. The van der Waals surface area contributed by atoms with Crippen LogP contribution in [0.3, 0.4) is 0 Å². The third-order valence-corrected chi connectivity index (χ3v) is 4.26. The molecule has 1 aliphatic heterocycles. The first kappa shape index (κ1) is 15.2. The fraction of sp³-hybridized carbons (Fsp3) is 0.375. The largest absolute Gasteiger partial charge is 0.481 e.